The molecule has 0 amide bonds. The number of benzene rings is 1. The van der Waals surface area contributed by atoms with Gasteiger partial charge in [0, 0.05) is 6.07 Å². The van der Waals surface area contributed by atoms with Gasteiger partial charge >= 0.3 is 6.01 Å². The normalized spacial score (nSPS) is 10.4. The van der Waals surface area contributed by atoms with Gasteiger partial charge in [0.2, 0.25) is 5.88 Å². The van der Waals surface area contributed by atoms with Gasteiger partial charge in [-0.05, 0) is 18.2 Å². The van der Waals surface area contributed by atoms with E-state index in [9.17, 15) is 0 Å². The molecule has 0 aliphatic rings. The first-order chi connectivity index (χ1) is 9.85. The Morgan fingerprint density at radius 1 is 1.05 bits per heavy atom. The highest BCUT2D eigenvalue weighted by Crippen LogP contribution is 2.15. The summed E-state index contributed by atoms with van der Waals surface area (Å²) in [5.74, 6) is 0.271. The average Bonchev–Trinajstić information content (AvgIpc) is 2.97. The van der Waals surface area contributed by atoms with Crippen LogP contribution in [-0.2, 0) is 6.61 Å². The van der Waals surface area contributed by atoms with Crippen LogP contribution in [0.1, 0.15) is 5.69 Å². The van der Waals surface area contributed by atoms with Crippen LogP contribution in [0.15, 0.2) is 48.8 Å². The highest BCUT2D eigenvalue weighted by molar-refractivity contribution is 5.29. The highest BCUT2D eigenvalue weighted by Gasteiger charge is 2.06. The van der Waals surface area contributed by atoms with E-state index in [0.29, 0.717) is 5.69 Å². The van der Waals surface area contributed by atoms with Crippen LogP contribution in [0.25, 0.3) is 5.69 Å². The number of hydrogen-bond donors (Lipinski definition) is 1. The van der Waals surface area contributed by atoms with Crippen molar-refractivity contribution in [2.24, 2.45) is 0 Å². The van der Waals surface area contributed by atoms with Gasteiger partial charge in [-0.25, -0.2) is 4.68 Å². The first kappa shape index (κ1) is 12.2. The molecule has 1 aromatic carbocycles. The minimum absolute atomic E-state index is 0.159. The molecule has 3 rings (SSSR count). The average molecular weight is 269 g/mol. The van der Waals surface area contributed by atoms with Crippen LogP contribution in [0.4, 0.5) is 0 Å². The van der Waals surface area contributed by atoms with Crippen molar-refractivity contribution in [3.05, 3.63) is 54.5 Å². The van der Waals surface area contributed by atoms with Crippen LogP contribution in [0.3, 0.4) is 0 Å². The highest BCUT2D eigenvalue weighted by atomic mass is 16.5. The van der Waals surface area contributed by atoms with E-state index in [2.05, 4.69) is 20.3 Å². The molecule has 7 heteroatoms. The van der Waals surface area contributed by atoms with Gasteiger partial charge in [-0.1, -0.05) is 18.2 Å². The molecule has 7 nitrogen and oxygen atoms in total. The van der Waals surface area contributed by atoms with Crippen molar-refractivity contribution in [2.45, 2.75) is 6.61 Å². The van der Waals surface area contributed by atoms with Crippen molar-refractivity contribution in [1.82, 2.24) is 25.0 Å². The summed E-state index contributed by atoms with van der Waals surface area (Å²) in [6.07, 6.45) is 1.56. The molecule has 100 valence electrons. The number of para-hydroxylation sites is 1. The molecule has 0 fully saturated rings. The van der Waals surface area contributed by atoms with Crippen LogP contribution in [-0.4, -0.2) is 30.1 Å². The summed E-state index contributed by atoms with van der Waals surface area (Å²) in [6, 6.07) is 13.0. The molecule has 0 radical (unpaired) electrons. The summed E-state index contributed by atoms with van der Waals surface area (Å²) in [4.78, 5) is 4.04. The zero-order valence-electron chi connectivity index (χ0n) is 10.4. The van der Waals surface area contributed by atoms with Crippen molar-refractivity contribution in [3.63, 3.8) is 0 Å². The number of rotatable bonds is 4. The maximum atomic E-state index is 8.88. The van der Waals surface area contributed by atoms with Gasteiger partial charge in [0.15, 0.2) is 0 Å². The topological polar surface area (TPSA) is 86.0 Å². The third-order valence-electron chi connectivity index (χ3n) is 2.54. The van der Waals surface area contributed by atoms with Crippen molar-refractivity contribution in [3.8, 4) is 17.6 Å². The second-order valence-electron chi connectivity index (χ2n) is 3.93. The smallest absolute Gasteiger partial charge is 0.342 e. The lowest BCUT2D eigenvalue weighted by Crippen LogP contribution is -1.97. The van der Waals surface area contributed by atoms with E-state index in [0.717, 1.165) is 5.69 Å². The van der Waals surface area contributed by atoms with E-state index >= 15 is 0 Å². The van der Waals surface area contributed by atoms with Gasteiger partial charge in [-0.2, -0.15) is 4.98 Å². The molecule has 3 aromatic rings. The lowest BCUT2D eigenvalue weighted by Gasteiger charge is -2.00. The SMILES string of the molecule is OCc1ccc(Oc2ncn(-c3ccccc3)n2)nn1. The molecule has 0 aliphatic heterocycles. The molecule has 0 bridgehead atoms. The van der Waals surface area contributed by atoms with Crippen molar-refractivity contribution in [1.29, 1.82) is 0 Å². The van der Waals surface area contributed by atoms with Crippen LogP contribution in [0, 0.1) is 0 Å². The van der Waals surface area contributed by atoms with Gasteiger partial charge in [-0.15, -0.1) is 15.3 Å². The lowest BCUT2D eigenvalue weighted by atomic mass is 10.3. The van der Waals surface area contributed by atoms with Crippen molar-refractivity contribution in [2.75, 3.05) is 0 Å². The molecule has 2 aromatic heterocycles. The fraction of sp³-hybridized carbons (Fsp3) is 0.0769. The maximum absolute atomic E-state index is 8.88. The molecule has 2 heterocycles. The van der Waals surface area contributed by atoms with E-state index in [4.69, 9.17) is 9.84 Å². The summed E-state index contributed by atoms with van der Waals surface area (Å²) < 4.78 is 6.98. The van der Waals surface area contributed by atoms with E-state index in [-0.39, 0.29) is 18.5 Å². The maximum Gasteiger partial charge on any atom is 0.342 e. The Kier molecular flexibility index (Phi) is 3.34. The number of nitrogens with zero attached hydrogens (tertiary/aromatic N) is 5. The van der Waals surface area contributed by atoms with E-state index < -0.39 is 0 Å². The number of hydrogen-bond acceptors (Lipinski definition) is 6. The Morgan fingerprint density at radius 2 is 1.90 bits per heavy atom. The molecule has 0 saturated carbocycles. The van der Waals surface area contributed by atoms with E-state index in [1.807, 2.05) is 30.3 Å². The predicted octanol–water partition coefficient (Wildman–Crippen LogP) is 1.34. The molecular formula is C13H11N5O2. The largest absolute Gasteiger partial charge is 0.402 e. The first-order valence-electron chi connectivity index (χ1n) is 5.93. The molecule has 0 unspecified atom stereocenters. The zero-order chi connectivity index (χ0) is 13.8. The van der Waals surface area contributed by atoms with Gasteiger partial charge in [0.05, 0.1) is 18.0 Å². The Labute approximate surface area is 114 Å². The zero-order valence-corrected chi connectivity index (χ0v) is 10.4. The summed E-state index contributed by atoms with van der Waals surface area (Å²) in [5.41, 5.74) is 1.36. The fourth-order valence-electron chi connectivity index (χ4n) is 1.58. The van der Waals surface area contributed by atoms with Gasteiger partial charge in [0.1, 0.15) is 6.33 Å². The van der Waals surface area contributed by atoms with Crippen LogP contribution in [0.2, 0.25) is 0 Å². The van der Waals surface area contributed by atoms with Crippen LogP contribution < -0.4 is 4.74 Å². The molecule has 0 atom stereocenters. The van der Waals surface area contributed by atoms with Crippen molar-refractivity contribution >= 4 is 0 Å². The summed E-state index contributed by atoms with van der Waals surface area (Å²) in [5, 5.41) is 20.6. The summed E-state index contributed by atoms with van der Waals surface area (Å²) in [6.45, 7) is -0.159. The van der Waals surface area contributed by atoms with Gasteiger partial charge < -0.3 is 9.84 Å². The fourth-order valence-corrected chi connectivity index (χ4v) is 1.58. The third kappa shape index (κ3) is 2.62. The Bertz CT molecular complexity index is 681. The number of aliphatic hydroxyl groups excluding tert-OH is 1. The van der Waals surface area contributed by atoms with E-state index in [1.165, 1.54) is 0 Å². The molecule has 0 aliphatic carbocycles. The number of aliphatic hydroxyl groups is 1. The second-order valence-corrected chi connectivity index (χ2v) is 3.93. The molecule has 20 heavy (non-hydrogen) atoms. The molecule has 0 spiro atoms. The monoisotopic (exact) mass is 269 g/mol. The minimum atomic E-state index is -0.159. The standard InChI is InChI=1S/C13H11N5O2/c19-8-10-6-7-12(16-15-10)20-13-14-9-18(17-13)11-4-2-1-3-5-11/h1-7,9,19H,8H2. The van der Waals surface area contributed by atoms with Crippen molar-refractivity contribution < 1.29 is 9.84 Å². The Morgan fingerprint density at radius 3 is 2.60 bits per heavy atom. The molecular weight excluding hydrogens is 258 g/mol. The summed E-state index contributed by atoms with van der Waals surface area (Å²) in [7, 11) is 0. The van der Waals surface area contributed by atoms with Gasteiger partial charge in [-0.3, -0.25) is 0 Å². The number of ether oxygens (including phenoxy) is 1. The van der Waals surface area contributed by atoms with Gasteiger partial charge in [0.25, 0.3) is 0 Å². The quantitative estimate of drug-likeness (QED) is 0.769. The third-order valence-corrected chi connectivity index (χ3v) is 2.54. The van der Waals surface area contributed by atoms with E-state index in [1.54, 1.807) is 23.1 Å². The number of aromatic nitrogens is 5. The predicted molar refractivity (Wildman–Crippen MR) is 69.4 cm³/mol. The Hall–Kier alpha value is -2.80. The molecule has 1 N–H and O–H groups in total. The second kappa shape index (κ2) is 5.45. The molecule has 0 saturated heterocycles. The minimum Gasteiger partial charge on any atom is -0.402 e. The summed E-state index contributed by atoms with van der Waals surface area (Å²) >= 11 is 0. The Balaban J connectivity index is 1.77. The van der Waals surface area contributed by atoms with Crippen LogP contribution in [0.5, 0.6) is 11.9 Å². The van der Waals surface area contributed by atoms with Crippen LogP contribution >= 0.6 is 0 Å². The lowest BCUT2D eigenvalue weighted by molar-refractivity contribution is 0.274. The first-order valence-corrected chi connectivity index (χ1v) is 5.93.